The number of benzene rings is 2. The van der Waals surface area contributed by atoms with E-state index in [1.54, 1.807) is 0 Å². The van der Waals surface area contributed by atoms with E-state index in [-0.39, 0.29) is 5.41 Å². The summed E-state index contributed by atoms with van der Waals surface area (Å²) in [6.45, 7) is 2.86. The van der Waals surface area contributed by atoms with Crippen LogP contribution in [0, 0.1) is 5.41 Å². The Morgan fingerprint density at radius 1 is 0.720 bits per heavy atom. The van der Waals surface area contributed by atoms with Gasteiger partial charge in [-0.25, -0.2) is 0 Å². The van der Waals surface area contributed by atoms with Crippen LogP contribution in [0.4, 0.5) is 0 Å². The first kappa shape index (κ1) is 13.3. The Labute approximate surface area is 143 Å². The fourth-order valence-electron chi connectivity index (χ4n) is 4.01. The van der Waals surface area contributed by atoms with E-state index >= 15 is 0 Å². The summed E-state index contributed by atoms with van der Waals surface area (Å²) in [6.07, 6.45) is 0. The zero-order valence-corrected chi connectivity index (χ0v) is 13.6. The zero-order valence-electron chi connectivity index (χ0n) is 13.6. The third-order valence-corrected chi connectivity index (χ3v) is 5.24. The van der Waals surface area contributed by atoms with Gasteiger partial charge in [0.25, 0.3) is 12.0 Å². The lowest BCUT2D eigenvalue weighted by atomic mass is 9.88. The highest BCUT2D eigenvalue weighted by Gasteiger charge is 2.42. The topological polar surface area (TPSA) is 54.1 Å². The van der Waals surface area contributed by atoms with Crippen molar-refractivity contribution in [3.8, 4) is 12.0 Å². The summed E-state index contributed by atoms with van der Waals surface area (Å²) in [4.78, 5) is 9.19. The van der Waals surface area contributed by atoms with Crippen LogP contribution < -0.4 is 9.47 Å². The summed E-state index contributed by atoms with van der Waals surface area (Å²) < 4.78 is 16.4. The van der Waals surface area contributed by atoms with Gasteiger partial charge in [0, 0.05) is 13.1 Å². The molecule has 0 N–H and O–H groups in total. The van der Waals surface area contributed by atoms with Gasteiger partial charge in [-0.05, 0) is 24.3 Å². The Bertz CT molecular complexity index is 1040. The normalized spacial score (nSPS) is 17.9. The van der Waals surface area contributed by atoms with Gasteiger partial charge < -0.3 is 9.47 Å². The molecule has 0 amide bonds. The molecule has 4 heterocycles. The van der Waals surface area contributed by atoms with Crippen LogP contribution in [0.15, 0.2) is 48.5 Å². The van der Waals surface area contributed by atoms with Crippen LogP contribution >= 0.6 is 0 Å². The van der Waals surface area contributed by atoms with Gasteiger partial charge in [-0.15, -0.1) is 0 Å². The number of aromatic nitrogens is 4. The van der Waals surface area contributed by atoms with Gasteiger partial charge in [0.05, 0.1) is 27.5 Å². The van der Waals surface area contributed by atoms with E-state index in [1.165, 1.54) is 0 Å². The molecule has 6 heteroatoms. The molecule has 25 heavy (non-hydrogen) atoms. The second kappa shape index (κ2) is 4.53. The van der Waals surface area contributed by atoms with E-state index in [0.29, 0.717) is 25.2 Å². The number of para-hydroxylation sites is 4. The lowest BCUT2D eigenvalue weighted by Gasteiger charge is -2.40. The summed E-state index contributed by atoms with van der Waals surface area (Å²) in [5.41, 5.74) is 4.04. The number of hydrogen-bond donors (Lipinski definition) is 0. The maximum Gasteiger partial charge on any atom is 0.297 e. The molecular formula is C19H16N4O2. The van der Waals surface area contributed by atoms with Crippen LogP contribution in [0.3, 0.4) is 0 Å². The lowest BCUT2D eigenvalue weighted by molar-refractivity contribution is -0.00951. The Morgan fingerprint density at radius 2 is 1.20 bits per heavy atom. The van der Waals surface area contributed by atoms with E-state index in [1.807, 2.05) is 36.4 Å². The molecule has 1 spiro atoms. The van der Waals surface area contributed by atoms with Crippen molar-refractivity contribution in [1.29, 1.82) is 0 Å². The highest BCUT2D eigenvalue weighted by atomic mass is 16.5. The second-order valence-electron chi connectivity index (χ2n) is 7.02. The number of hydrogen-bond acceptors (Lipinski definition) is 4. The Morgan fingerprint density at radius 3 is 1.72 bits per heavy atom. The highest BCUT2D eigenvalue weighted by Crippen LogP contribution is 2.39. The highest BCUT2D eigenvalue weighted by molar-refractivity contribution is 5.77. The molecular weight excluding hydrogens is 316 g/mol. The van der Waals surface area contributed by atoms with Crippen molar-refractivity contribution in [3.05, 3.63) is 48.5 Å². The van der Waals surface area contributed by atoms with Crippen molar-refractivity contribution in [3.63, 3.8) is 0 Å². The second-order valence-corrected chi connectivity index (χ2v) is 7.02. The molecule has 2 aliphatic rings. The van der Waals surface area contributed by atoms with Crippen molar-refractivity contribution in [2.75, 3.05) is 13.2 Å². The minimum absolute atomic E-state index is 0.118. The average Bonchev–Trinajstić information content (AvgIpc) is 3.19. The molecule has 0 unspecified atom stereocenters. The molecule has 2 aromatic heterocycles. The molecule has 0 bridgehead atoms. The fourth-order valence-corrected chi connectivity index (χ4v) is 4.01. The summed E-state index contributed by atoms with van der Waals surface area (Å²) in [5.74, 6) is 0. The number of rotatable bonds is 0. The minimum atomic E-state index is -0.118. The molecule has 0 radical (unpaired) electrons. The first-order valence-corrected chi connectivity index (χ1v) is 8.48. The van der Waals surface area contributed by atoms with E-state index in [9.17, 15) is 0 Å². The summed E-state index contributed by atoms with van der Waals surface area (Å²) in [6, 6.07) is 17.7. The Hall–Kier alpha value is -3.02. The molecule has 124 valence electrons. The number of ether oxygens (including phenoxy) is 2. The lowest BCUT2D eigenvalue weighted by Crippen LogP contribution is -2.48. The third-order valence-electron chi connectivity index (χ3n) is 5.24. The SMILES string of the molecule is c1ccc2c(c1)nc1n2CC2(CO1)COc1nc3ccccc3n1C2. The van der Waals surface area contributed by atoms with Gasteiger partial charge in [0.2, 0.25) is 0 Å². The van der Waals surface area contributed by atoms with E-state index in [0.717, 1.165) is 35.2 Å². The summed E-state index contributed by atoms with van der Waals surface area (Å²) >= 11 is 0. The van der Waals surface area contributed by atoms with Gasteiger partial charge >= 0.3 is 0 Å². The van der Waals surface area contributed by atoms with Crippen molar-refractivity contribution >= 4 is 22.1 Å². The standard InChI is InChI=1S/C19H16N4O2/c1-3-7-15-13(5-1)20-17-22(15)9-19(11-24-17)10-23-16-8-4-2-6-14(16)21-18(23)25-12-19/h1-8H,9-12H2. The van der Waals surface area contributed by atoms with E-state index in [4.69, 9.17) is 9.47 Å². The van der Waals surface area contributed by atoms with Crippen LogP contribution in [-0.4, -0.2) is 32.3 Å². The monoisotopic (exact) mass is 332 g/mol. The van der Waals surface area contributed by atoms with Gasteiger partial charge in [-0.2, -0.15) is 9.97 Å². The predicted molar refractivity (Wildman–Crippen MR) is 92.9 cm³/mol. The number of imidazole rings is 2. The quantitative estimate of drug-likeness (QED) is 0.497. The molecule has 2 aromatic carbocycles. The van der Waals surface area contributed by atoms with Crippen LogP contribution in [0.25, 0.3) is 22.1 Å². The van der Waals surface area contributed by atoms with Crippen molar-refractivity contribution in [2.45, 2.75) is 13.1 Å². The van der Waals surface area contributed by atoms with Crippen LogP contribution in [-0.2, 0) is 13.1 Å². The molecule has 0 atom stereocenters. The Kier molecular flexibility index (Phi) is 2.41. The largest absolute Gasteiger partial charge is 0.464 e. The van der Waals surface area contributed by atoms with Crippen LogP contribution in [0.1, 0.15) is 0 Å². The third kappa shape index (κ3) is 1.79. The smallest absolute Gasteiger partial charge is 0.297 e. The van der Waals surface area contributed by atoms with Gasteiger partial charge in [0.15, 0.2) is 0 Å². The molecule has 6 rings (SSSR count). The predicted octanol–water partition coefficient (Wildman–Crippen LogP) is 2.86. The average molecular weight is 332 g/mol. The summed E-state index contributed by atoms with van der Waals surface area (Å²) in [5, 5.41) is 0. The van der Waals surface area contributed by atoms with Gasteiger partial charge in [0.1, 0.15) is 13.2 Å². The minimum Gasteiger partial charge on any atom is -0.464 e. The van der Waals surface area contributed by atoms with Crippen LogP contribution in [0.5, 0.6) is 12.0 Å². The van der Waals surface area contributed by atoms with Crippen molar-refractivity contribution < 1.29 is 9.47 Å². The van der Waals surface area contributed by atoms with E-state index < -0.39 is 0 Å². The first-order valence-electron chi connectivity index (χ1n) is 8.48. The molecule has 0 saturated carbocycles. The van der Waals surface area contributed by atoms with Crippen LogP contribution in [0.2, 0.25) is 0 Å². The molecule has 6 nitrogen and oxygen atoms in total. The molecule has 4 aromatic rings. The van der Waals surface area contributed by atoms with E-state index in [2.05, 4.69) is 31.2 Å². The maximum absolute atomic E-state index is 6.04. The molecule has 0 aliphatic carbocycles. The Balaban J connectivity index is 1.45. The maximum atomic E-state index is 6.04. The van der Waals surface area contributed by atoms with Crippen molar-refractivity contribution in [1.82, 2.24) is 19.1 Å². The fraction of sp³-hybridized carbons (Fsp3) is 0.263. The molecule has 0 saturated heterocycles. The summed E-state index contributed by atoms with van der Waals surface area (Å²) in [7, 11) is 0. The first-order chi connectivity index (χ1) is 12.3. The van der Waals surface area contributed by atoms with Crippen molar-refractivity contribution in [2.24, 2.45) is 5.41 Å². The zero-order chi connectivity index (χ0) is 16.4. The van der Waals surface area contributed by atoms with Gasteiger partial charge in [-0.1, -0.05) is 24.3 Å². The molecule has 2 aliphatic heterocycles. The molecule has 0 fully saturated rings. The number of fused-ring (bicyclic) bond motifs is 6. The van der Waals surface area contributed by atoms with Gasteiger partial charge in [-0.3, -0.25) is 9.13 Å². The number of nitrogens with zero attached hydrogens (tertiary/aromatic N) is 4.